The maximum absolute atomic E-state index is 12.6. The Morgan fingerprint density at radius 1 is 1.69 bits per heavy atom. The average molecular weight is 291 g/mol. The van der Waals surface area contributed by atoms with Gasteiger partial charge in [-0.2, -0.15) is 5.26 Å². The highest BCUT2D eigenvalue weighted by molar-refractivity contribution is 9.10. The van der Waals surface area contributed by atoms with Gasteiger partial charge in [-0.25, -0.2) is 18.6 Å². The molecule has 0 unspecified atom stereocenters. The molecule has 0 N–H and O–H groups in total. The molecule has 0 saturated carbocycles. The second kappa shape index (κ2) is 4.99. The zero-order valence-electron chi connectivity index (χ0n) is 8.00. The normalized spacial score (nSPS) is 10.0. The van der Waals surface area contributed by atoms with E-state index in [-0.39, 0.29) is 10.2 Å². The molecule has 0 atom stereocenters. The second-order valence-corrected chi connectivity index (χ2v) is 3.41. The largest absolute Gasteiger partial charge is 0.465 e. The van der Waals surface area contributed by atoms with Gasteiger partial charge in [0.2, 0.25) is 0 Å². The standard InChI is InChI=1S/C9H5BrF2N2O2/c1-16-9(15)6-4(2-13)7(10)14-3-5(6)8(11)12/h3,8H,1H3. The van der Waals surface area contributed by atoms with Gasteiger partial charge < -0.3 is 4.74 Å². The smallest absolute Gasteiger partial charge is 0.339 e. The minimum absolute atomic E-state index is 0.0276. The predicted molar refractivity (Wildman–Crippen MR) is 52.9 cm³/mol. The number of esters is 1. The molecule has 4 nitrogen and oxygen atoms in total. The van der Waals surface area contributed by atoms with Gasteiger partial charge in [-0.15, -0.1) is 0 Å². The minimum atomic E-state index is -2.90. The minimum Gasteiger partial charge on any atom is -0.465 e. The van der Waals surface area contributed by atoms with Crippen LogP contribution < -0.4 is 0 Å². The molecule has 0 radical (unpaired) electrons. The molecule has 0 fully saturated rings. The highest BCUT2D eigenvalue weighted by Crippen LogP contribution is 2.28. The molecule has 0 amide bonds. The molecule has 1 heterocycles. The zero-order chi connectivity index (χ0) is 12.3. The number of rotatable bonds is 2. The van der Waals surface area contributed by atoms with Gasteiger partial charge in [0.05, 0.1) is 23.8 Å². The fourth-order valence-corrected chi connectivity index (χ4v) is 1.48. The molecule has 0 saturated heterocycles. The molecule has 0 bridgehead atoms. The topological polar surface area (TPSA) is 63.0 Å². The molecule has 0 aliphatic heterocycles. The van der Waals surface area contributed by atoms with Crippen molar-refractivity contribution in [1.82, 2.24) is 4.98 Å². The summed E-state index contributed by atoms with van der Waals surface area (Å²) in [6.07, 6.45) is -2.07. The lowest BCUT2D eigenvalue weighted by Crippen LogP contribution is -2.10. The third-order valence-corrected chi connectivity index (χ3v) is 2.40. The van der Waals surface area contributed by atoms with Crippen LogP contribution in [-0.2, 0) is 4.74 Å². The van der Waals surface area contributed by atoms with E-state index in [0.29, 0.717) is 0 Å². The number of hydrogen-bond donors (Lipinski definition) is 0. The van der Waals surface area contributed by atoms with Crippen LogP contribution in [0.3, 0.4) is 0 Å². The van der Waals surface area contributed by atoms with E-state index in [1.54, 1.807) is 6.07 Å². The third kappa shape index (κ3) is 2.17. The van der Waals surface area contributed by atoms with Crippen LogP contribution in [0, 0.1) is 11.3 Å². The van der Waals surface area contributed by atoms with E-state index in [1.807, 2.05) is 0 Å². The number of hydrogen-bond acceptors (Lipinski definition) is 4. The van der Waals surface area contributed by atoms with Crippen molar-refractivity contribution in [3.63, 3.8) is 0 Å². The number of ether oxygens (including phenoxy) is 1. The van der Waals surface area contributed by atoms with Crippen LogP contribution in [0.5, 0.6) is 0 Å². The number of methoxy groups -OCH3 is 1. The van der Waals surface area contributed by atoms with Crippen LogP contribution in [0.15, 0.2) is 10.8 Å². The molecular weight excluding hydrogens is 286 g/mol. The summed E-state index contributed by atoms with van der Waals surface area (Å²) in [6, 6.07) is 1.63. The summed E-state index contributed by atoms with van der Waals surface area (Å²) in [7, 11) is 1.05. The number of carbonyl (C=O) groups excluding carboxylic acids is 1. The Morgan fingerprint density at radius 2 is 2.31 bits per heavy atom. The van der Waals surface area contributed by atoms with Crippen LogP contribution in [-0.4, -0.2) is 18.1 Å². The summed E-state index contributed by atoms with van der Waals surface area (Å²) in [5.74, 6) is -0.991. The Kier molecular flexibility index (Phi) is 3.90. The van der Waals surface area contributed by atoms with E-state index in [4.69, 9.17) is 5.26 Å². The molecule has 1 rings (SSSR count). The maximum Gasteiger partial charge on any atom is 0.339 e. The quantitative estimate of drug-likeness (QED) is 0.620. The summed E-state index contributed by atoms with van der Waals surface area (Å²) in [5.41, 5.74) is -1.34. The van der Waals surface area contributed by atoms with E-state index in [1.165, 1.54) is 0 Å². The van der Waals surface area contributed by atoms with E-state index < -0.39 is 23.5 Å². The van der Waals surface area contributed by atoms with Crippen LogP contribution in [0.1, 0.15) is 27.9 Å². The maximum atomic E-state index is 12.6. The highest BCUT2D eigenvalue weighted by atomic mass is 79.9. The van der Waals surface area contributed by atoms with Gasteiger partial charge >= 0.3 is 5.97 Å². The number of alkyl halides is 2. The zero-order valence-corrected chi connectivity index (χ0v) is 9.59. The number of nitrogens with zero attached hydrogens (tertiary/aromatic N) is 2. The van der Waals surface area contributed by atoms with Crippen LogP contribution in [0.25, 0.3) is 0 Å². The molecule has 0 aliphatic rings. The summed E-state index contributed by atoms with van der Waals surface area (Å²) in [6.45, 7) is 0. The van der Waals surface area contributed by atoms with Crippen LogP contribution in [0.4, 0.5) is 8.78 Å². The van der Waals surface area contributed by atoms with Crippen molar-refractivity contribution < 1.29 is 18.3 Å². The molecular formula is C9H5BrF2N2O2. The Bertz CT molecular complexity index is 471. The van der Waals surface area contributed by atoms with E-state index in [9.17, 15) is 13.6 Å². The van der Waals surface area contributed by atoms with Crippen molar-refractivity contribution in [2.75, 3.05) is 7.11 Å². The van der Waals surface area contributed by atoms with Gasteiger partial charge in [0.1, 0.15) is 10.7 Å². The first-order chi connectivity index (χ1) is 7.52. The van der Waals surface area contributed by atoms with Gasteiger partial charge in [0.25, 0.3) is 6.43 Å². The number of halogens is 3. The fraction of sp³-hybridized carbons (Fsp3) is 0.222. The Balaban J connectivity index is 3.55. The molecule has 0 aromatic carbocycles. The Morgan fingerprint density at radius 3 is 2.75 bits per heavy atom. The SMILES string of the molecule is COC(=O)c1c(C(F)F)cnc(Br)c1C#N. The lowest BCUT2D eigenvalue weighted by atomic mass is 10.1. The van der Waals surface area contributed by atoms with Crippen molar-refractivity contribution in [3.8, 4) is 6.07 Å². The van der Waals surface area contributed by atoms with Crippen molar-refractivity contribution in [2.45, 2.75) is 6.43 Å². The van der Waals surface area contributed by atoms with Gasteiger partial charge in [0.15, 0.2) is 0 Å². The average Bonchev–Trinajstić information content (AvgIpc) is 2.27. The van der Waals surface area contributed by atoms with Gasteiger partial charge in [0, 0.05) is 6.20 Å². The van der Waals surface area contributed by atoms with Crippen molar-refractivity contribution in [1.29, 1.82) is 5.26 Å². The molecule has 7 heteroatoms. The van der Waals surface area contributed by atoms with Crippen molar-refractivity contribution >= 4 is 21.9 Å². The van der Waals surface area contributed by atoms with Crippen LogP contribution >= 0.6 is 15.9 Å². The first kappa shape index (κ1) is 12.5. The lowest BCUT2D eigenvalue weighted by molar-refractivity contribution is 0.0588. The summed E-state index contributed by atoms with van der Waals surface area (Å²) >= 11 is 2.90. The lowest BCUT2D eigenvalue weighted by Gasteiger charge is -2.08. The van der Waals surface area contributed by atoms with Crippen molar-refractivity contribution in [2.24, 2.45) is 0 Å². The summed E-state index contributed by atoms with van der Waals surface area (Å²) in [5, 5.41) is 8.78. The number of pyridine rings is 1. The molecule has 0 aliphatic carbocycles. The first-order valence-electron chi connectivity index (χ1n) is 3.97. The first-order valence-corrected chi connectivity index (χ1v) is 4.77. The Hall–Kier alpha value is -1.55. The Labute approximate surface area is 98.0 Å². The molecule has 0 spiro atoms. The molecule has 16 heavy (non-hydrogen) atoms. The van der Waals surface area contributed by atoms with E-state index >= 15 is 0 Å². The van der Waals surface area contributed by atoms with Crippen molar-refractivity contribution in [3.05, 3.63) is 27.5 Å². The van der Waals surface area contributed by atoms with E-state index in [0.717, 1.165) is 13.3 Å². The fourth-order valence-electron chi connectivity index (χ4n) is 1.09. The predicted octanol–water partition coefficient (Wildman–Crippen LogP) is 2.44. The van der Waals surface area contributed by atoms with Gasteiger partial charge in [-0.3, -0.25) is 0 Å². The molecule has 1 aromatic heterocycles. The summed E-state index contributed by atoms with van der Waals surface area (Å²) < 4.78 is 29.6. The van der Waals surface area contributed by atoms with E-state index in [2.05, 4.69) is 25.7 Å². The number of nitriles is 1. The van der Waals surface area contributed by atoms with Gasteiger partial charge in [-0.05, 0) is 15.9 Å². The highest BCUT2D eigenvalue weighted by Gasteiger charge is 2.25. The number of carbonyl (C=O) groups is 1. The number of aromatic nitrogens is 1. The second-order valence-electron chi connectivity index (χ2n) is 2.66. The molecule has 84 valence electrons. The van der Waals surface area contributed by atoms with Crippen LogP contribution in [0.2, 0.25) is 0 Å². The monoisotopic (exact) mass is 290 g/mol. The summed E-state index contributed by atoms with van der Waals surface area (Å²) in [4.78, 5) is 14.9. The third-order valence-electron chi connectivity index (χ3n) is 1.80. The van der Waals surface area contributed by atoms with Gasteiger partial charge in [-0.1, -0.05) is 0 Å². The molecule has 1 aromatic rings.